The first-order valence-electron chi connectivity index (χ1n) is 7.42. The second kappa shape index (κ2) is 6.58. The first-order valence-corrected chi connectivity index (χ1v) is 7.42. The fourth-order valence-corrected chi connectivity index (χ4v) is 2.37. The molecule has 2 aromatic carbocycles. The van der Waals surface area contributed by atoms with Gasteiger partial charge in [0.25, 0.3) is 0 Å². The van der Waals surface area contributed by atoms with Crippen LogP contribution in [-0.4, -0.2) is 25.3 Å². The molecular formula is C19H16O5. The van der Waals surface area contributed by atoms with Crippen molar-refractivity contribution in [2.75, 3.05) is 13.7 Å². The number of hydrogen-bond donors (Lipinski definition) is 0. The molecule has 0 saturated heterocycles. The monoisotopic (exact) mass is 324 g/mol. The number of benzene rings is 2. The number of Topliss-reactive ketones (excluding diaryl/α,β-unsaturated/α-hetero) is 2. The molecule has 0 bridgehead atoms. The van der Waals surface area contributed by atoms with E-state index in [-0.39, 0.29) is 23.9 Å². The maximum absolute atomic E-state index is 12.4. The molecule has 0 atom stereocenters. The first-order chi connectivity index (χ1) is 11.6. The minimum absolute atomic E-state index is 0.0172. The molecule has 0 unspecified atom stereocenters. The van der Waals surface area contributed by atoms with Crippen LogP contribution in [0.3, 0.4) is 0 Å². The molecule has 0 spiro atoms. The predicted molar refractivity (Wildman–Crippen MR) is 88.5 cm³/mol. The Morgan fingerprint density at radius 1 is 1.21 bits per heavy atom. The number of fused-ring (bicyclic) bond motifs is 1. The maximum Gasteiger partial charge on any atom is 0.231 e. The summed E-state index contributed by atoms with van der Waals surface area (Å²) in [5, 5.41) is 0. The molecule has 3 rings (SSSR count). The third-order valence-electron chi connectivity index (χ3n) is 3.51. The van der Waals surface area contributed by atoms with Gasteiger partial charge in [-0.1, -0.05) is 18.2 Å². The lowest BCUT2D eigenvalue weighted by Gasteiger charge is -2.05. The third kappa shape index (κ3) is 3.15. The summed E-state index contributed by atoms with van der Waals surface area (Å²) in [6, 6.07) is 12.3. The van der Waals surface area contributed by atoms with Gasteiger partial charge in [-0.2, -0.15) is 0 Å². The summed E-state index contributed by atoms with van der Waals surface area (Å²) in [7, 11) is 1.57. The second-order valence-electron chi connectivity index (χ2n) is 5.33. The Morgan fingerprint density at radius 2 is 2.00 bits per heavy atom. The lowest BCUT2D eigenvalue weighted by molar-refractivity contribution is -0.118. The molecule has 1 aliphatic rings. The standard InChI is InChI=1S/C19H16O5/c1-12(20)11-23-14-7-8-15-17(10-14)24-18(19(15)21)9-13-5-3-4-6-16(13)22-2/h3-10H,11H2,1-2H3/b18-9-. The van der Waals surface area contributed by atoms with Gasteiger partial charge in [-0.3, -0.25) is 9.59 Å². The number of rotatable bonds is 5. The van der Waals surface area contributed by atoms with Crippen molar-refractivity contribution in [3.05, 3.63) is 59.4 Å². The van der Waals surface area contributed by atoms with Crippen molar-refractivity contribution in [2.45, 2.75) is 6.92 Å². The van der Waals surface area contributed by atoms with Gasteiger partial charge in [-0.15, -0.1) is 0 Å². The van der Waals surface area contributed by atoms with Gasteiger partial charge in [-0.05, 0) is 31.2 Å². The van der Waals surface area contributed by atoms with Crippen molar-refractivity contribution in [2.24, 2.45) is 0 Å². The van der Waals surface area contributed by atoms with Crippen LogP contribution < -0.4 is 14.2 Å². The van der Waals surface area contributed by atoms with Crippen molar-refractivity contribution < 1.29 is 23.8 Å². The largest absolute Gasteiger partial charge is 0.496 e. The summed E-state index contributed by atoms with van der Waals surface area (Å²) in [5.74, 6) is 1.50. The molecule has 2 aromatic rings. The van der Waals surface area contributed by atoms with Gasteiger partial charge in [0.15, 0.2) is 11.5 Å². The zero-order chi connectivity index (χ0) is 17.1. The Morgan fingerprint density at radius 3 is 2.75 bits per heavy atom. The normalized spacial score (nSPS) is 14.2. The van der Waals surface area contributed by atoms with E-state index in [0.29, 0.717) is 22.8 Å². The van der Waals surface area contributed by atoms with E-state index in [2.05, 4.69) is 0 Å². The number of para-hydroxylation sites is 1. The van der Waals surface area contributed by atoms with Crippen molar-refractivity contribution in [3.8, 4) is 17.2 Å². The number of hydrogen-bond acceptors (Lipinski definition) is 5. The molecule has 0 fully saturated rings. The van der Waals surface area contributed by atoms with Crippen LogP contribution in [0.25, 0.3) is 6.08 Å². The van der Waals surface area contributed by atoms with E-state index in [1.54, 1.807) is 31.4 Å². The van der Waals surface area contributed by atoms with E-state index in [4.69, 9.17) is 14.2 Å². The molecule has 0 aliphatic carbocycles. The zero-order valence-electron chi connectivity index (χ0n) is 13.4. The van der Waals surface area contributed by atoms with E-state index >= 15 is 0 Å². The van der Waals surface area contributed by atoms with Gasteiger partial charge in [-0.25, -0.2) is 0 Å². The van der Waals surface area contributed by atoms with Crippen molar-refractivity contribution in [1.82, 2.24) is 0 Å². The number of allylic oxidation sites excluding steroid dienone is 1. The summed E-state index contributed by atoms with van der Waals surface area (Å²) in [6.07, 6.45) is 1.65. The second-order valence-corrected chi connectivity index (χ2v) is 5.33. The molecule has 122 valence electrons. The summed E-state index contributed by atoms with van der Waals surface area (Å²) in [5.41, 5.74) is 1.22. The number of ether oxygens (including phenoxy) is 3. The number of methoxy groups -OCH3 is 1. The van der Waals surface area contributed by atoms with E-state index in [1.165, 1.54) is 6.92 Å². The molecule has 0 saturated carbocycles. The van der Waals surface area contributed by atoms with Gasteiger partial charge in [0.05, 0.1) is 12.7 Å². The van der Waals surface area contributed by atoms with Gasteiger partial charge in [0.2, 0.25) is 5.78 Å². The van der Waals surface area contributed by atoms with E-state index in [1.807, 2.05) is 24.3 Å². The van der Waals surface area contributed by atoms with Gasteiger partial charge < -0.3 is 14.2 Å². The smallest absolute Gasteiger partial charge is 0.231 e. The Labute approximate surface area is 139 Å². The van der Waals surface area contributed by atoms with Gasteiger partial charge >= 0.3 is 0 Å². The third-order valence-corrected chi connectivity index (χ3v) is 3.51. The Hall–Kier alpha value is -3.08. The quantitative estimate of drug-likeness (QED) is 0.790. The maximum atomic E-state index is 12.4. The number of carbonyl (C=O) groups is 2. The van der Waals surface area contributed by atoms with E-state index in [9.17, 15) is 9.59 Å². The van der Waals surface area contributed by atoms with Crippen molar-refractivity contribution >= 4 is 17.6 Å². The summed E-state index contributed by atoms with van der Waals surface area (Å²) < 4.78 is 16.3. The van der Waals surface area contributed by atoms with Crippen LogP contribution in [0.15, 0.2) is 48.2 Å². The molecule has 5 heteroatoms. The molecule has 0 amide bonds. The highest BCUT2D eigenvalue weighted by atomic mass is 16.5. The average Bonchev–Trinajstić information content (AvgIpc) is 2.89. The lowest BCUT2D eigenvalue weighted by atomic mass is 10.1. The van der Waals surface area contributed by atoms with Crippen LogP contribution in [0, 0.1) is 0 Å². The van der Waals surface area contributed by atoms with Crippen LogP contribution in [0.1, 0.15) is 22.8 Å². The molecule has 0 N–H and O–H groups in total. The van der Waals surface area contributed by atoms with Crippen molar-refractivity contribution in [1.29, 1.82) is 0 Å². The van der Waals surface area contributed by atoms with Gasteiger partial charge in [0, 0.05) is 11.6 Å². The van der Waals surface area contributed by atoms with Crippen LogP contribution in [0.4, 0.5) is 0 Å². The SMILES string of the molecule is COc1ccccc1/C=C1\Oc2cc(OCC(C)=O)ccc2C1=O. The molecular weight excluding hydrogens is 308 g/mol. The number of ketones is 2. The molecule has 1 aliphatic heterocycles. The highest BCUT2D eigenvalue weighted by Gasteiger charge is 2.28. The van der Waals surface area contributed by atoms with Crippen molar-refractivity contribution in [3.63, 3.8) is 0 Å². The van der Waals surface area contributed by atoms with Crippen LogP contribution in [0.5, 0.6) is 17.2 Å². The summed E-state index contributed by atoms with van der Waals surface area (Å²) >= 11 is 0. The van der Waals surface area contributed by atoms with Crippen LogP contribution in [-0.2, 0) is 4.79 Å². The van der Waals surface area contributed by atoms with Crippen LogP contribution >= 0.6 is 0 Å². The first kappa shape index (κ1) is 15.8. The minimum Gasteiger partial charge on any atom is -0.496 e. The predicted octanol–water partition coefficient (Wildman–Crippen LogP) is 3.28. The molecule has 0 aromatic heterocycles. The van der Waals surface area contributed by atoms with E-state index in [0.717, 1.165) is 5.56 Å². The van der Waals surface area contributed by atoms with E-state index < -0.39 is 0 Å². The molecule has 5 nitrogen and oxygen atoms in total. The fraction of sp³-hybridized carbons (Fsp3) is 0.158. The lowest BCUT2D eigenvalue weighted by Crippen LogP contribution is -2.06. The van der Waals surface area contributed by atoms with Crippen LogP contribution in [0.2, 0.25) is 0 Å². The topological polar surface area (TPSA) is 61.8 Å². The summed E-state index contributed by atoms with van der Waals surface area (Å²) in [4.78, 5) is 23.4. The molecule has 24 heavy (non-hydrogen) atoms. The molecule has 0 radical (unpaired) electrons. The fourth-order valence-electron chi connectivity index (χ4n) is 2.37. The Balaban J connectivity index is 1.87. The Bertz CT molecular complexity index is 835. The highest BCUT2D eigenvalue weighted by Crippen LogP contribution is 2.35. The minimum atomic E-state index is -0.200. The zero-order valence-corrected chi connectivity index (χ0v) is 13.4. The average molecular weight is 324 g/mol. The highest BCUT2D eigenvalue weighted by molar-refractivity contribution is 6.14. The summed E-state index contributed by atoms with van der Waals surface area (Å²) in [6.45, 7) is 1.43. The number of carbonyl (C=O) groups excluding carboxylic acids is 2. The van der Waals surface area contributed by atoms with Gasteiger partial charge in [0.1, 0.15) is 23.9 Å². The Kier molecular flexibility index (Phi) is 4.33. The molecule has 1 heterocycles.